The van der Waals surface area contributed by atoms with Crippen LogP contribution in [0.15, 0.2) is 47.4 Å². The van der Waals surface area contributed by atoms with Gasteiger partial charge < -0.3 is 15.4 Å². The van der Waals surface area contributed by atoms with Gasteiger partial charge in [-0.1, -0.05) is 18.9 Å². The van der Waals surface area contributed by atoms with Crippen molar-refractivity contribution in [2.75, 3.05) is 17.2 Å². The topological polar surface area (TPSA) is 102 Å². The fourth-order valence-electron chi connectivity index (χ4n) is 3.94. The fourth-order valence-corrected chi connectivity index (χ4v) is 5.84. The first-order chi connectivity index (χ1) is 14.4. The number of rotatable bonds is 6. The summed E-state index contributed by atoms with van der Waals surface area (Å²) in [6.07, 6.45) is 4.32. The molecule has 0 radical (unpaired) electrons. The molecule has 2 aliphatic rings. The van der Waals surface area contributed by atoms with E-state index >= 15 is 0 Å². The fraction of sp³-hybridized carbons (Fsp3) is 0.364. The SMILES string of the molecule is O=C(COc1ccc2c(c1)CCC(=O)N2)Nc1cccc(S(=O)(=O)C2CCCC2)c1. The summed E-state index contributed by atoms with van der Waals surface area (Å²) in [7, 11) is -3.38. The number of amides is 2. The van der Waals surface area contributed by atoms with E-state index in [2.05, 4.69) is 10.6 Å². The Hall–Kier alpha value is -2.87. The molecule has 2 aromatic carbocycles. The summed E-state index contributed by atoms with van der Waals surface area (Å²) in [4.78, 5) is 24.0. The lowest BCUT2D eigenvalue weighted by Crippen LogP contribution is -2.22. The van der Waals surface area contributed by atoms with E-state index < -0.39 is 9.84 Å². The first kappa shape index (κ1) is 20.4. The first-order valence-electron chi connectivity index (χ1n) is 10.1. The number of ether oxygens (including phenoxy) is 1. The molecule has 8 heteroatoms. The summed E-state index contributed by atoms with van der Waals surface area (Å²) >= 11 is 0. The molecule has 158 valence electrons. The smallest absolute Gasteiger partial charge is 0.262 e. The van der Waals surface area contributed by atoms with Crippen LogP contribution in [0.25, 0.3) is 0 Å². The third kappa shape index (κ3) is 4.48. The lowest BCUT2D eigenvalue weighted by Gasteiger charge is -2.17. The lowest BCUT2D eigenvalue weighted by atomic mass is 10.0. The Labute approximate surface area is 175 Å². The van der Waals surface area contributed by atoms with Gasteiger partial charge >= 0.3 is 0 Å². The van der Waals surface area contributed by atoms with Gasteiger partial charge in [-0.25, -0.2) is 8.42 Å². The molecule has 1 aliphatic carbocycles. The number of carbonyl (C=O) groups excluding carboxylic acids is 2. The predicted octanol–water partition coefficient (Wildman–Crippen LogP) is 3.31. The van der Waals surface area contributed by atoms with Crippen molar-refractivity contribution in [1.82, 2.24) is 0 Å². The molecule has 1 aliphatic heterocycles. The quantitative estimate of drug-likeness (QED) is 0.735. The Morgan fingerprint density at radius 2 is 1.90 bits per heavy atom. The molecule has 0 aromatic heterocycles. The summed E-state index contributed by atoms with van der Waals surface area (Å²) in [6, 6.07) is 11.7. The Morgan fingerprint density at radius 3 is 2.70 bits per heavy atom. The molecule has 0 spiro atoms. The Kier molecular flexibility index (Phi) is 5.76. The zero-order valence-corrected chi connectivity index (χ0v) is 17.3. The highest BCUT2D eigenvalue weighted by atomic mass is 32.2. The van der Waals surface area contributed by atoms with Gasteiger partial charge in [0, 0.05) is 17.8 Å². The van der Waals surface area contributed by atoms with Crippen molar-refractivity contribution in [3.8, 4) is 5.75 Å². The number of benzene rings is 2. The van der Waals surface area contributed by atoms with E-state index in [1.165, 1.54) is 6.07 Å². The zero-order valence-electron chi connectivity index (χ0n) is 16.5. The average molecular weight is 429 g/mol. The molecule has 1 fully saturated rings. The maximum atomic E-state index is 12.8. The van der Waals surface area contributed by atoms with Crippen LogP contribution in [0.3, 0.4) is 0 Å². The number of hydrogen-bond acceptors (Lipinski definition) is 5. The van der Waals surface area contributed by atoms with Crippen molar-refractivity contribution in [3.05, 3.63) is 48.0 Å². The van der Waals surface area contributed by atoms with Crippen LogP contribution >= 0.6 is 0 Å². The molecule has 4 rings (SSSR count). The summed E-state index contributed by atoms with van der Waals surface area (Å²) in [5, 5.41) is 5.16. The first-order valence-corrected chi connectivity index (χ1v) is 11.7. The Balaban J connectivity index is 1.37. The van der Waals surface area contributed by atoms with Crippen molar-refractivity contribution >= 4 is 33.0 Å². The van der Waals surface area contributed by atoms with Gasteiger partial charge in [0.1, 0.15) is 5.75 Å². The van der Waals surface area contributed by atoms with Crippen molar-refractivity contribution in [2.45, 2.75) is 48.7 Å². The number of fused-ring (bicyclic) bond motifs is 1. The van der Waals surface area contributed by atoms with Gasteiger partial charge in [0.05, 0.1) is 10.1 Å². The van der Waals surface area contributed by atoms with Crippen LogP contribution < -0.4 is 15.4 Å². The summed E-state index contributed by atoms with van der Waals surface area (Å²) in [6.45, 7) is -0.204. The molecule has 30 heavy (non-hydrogen) atoms. The molecule has 2 N–H and O–H groups in total. The monoisotopic (exact) mass is 428 g/mol. The van der Waals surface area contributed by atoms with Crippen molar-refractivity contribution in [3.63, 3.8) is 0 Å². The third-order valence-corrected chi connectivity index (χ3v) is 7.79. The van der Waals surface area contributed by atoms with Gasteiger partial charge in [-0.2, -0.15) is 0 Å². The number of carbonyl (C=O) groups is 2. The maximum Gasteiger partial charge on any atom is 0.262 e. The van der Waals surface area contributed by atoms with Gasteiger partial charge in [-0.05, 0) is 61.2 Å². The molecule has 2 aromatic rings. The van der Waals surface area contributed by atoms with Crippen LogP contribution in [0, 0.1) is 0 Å². The van der Waals surface area contributed by atoms with E-state index in [4.69, 9.17) is 4.74 Å². The molecule has 7 nitrogen and oxygen atoms in total. The second kappa shape index (κ2) is 8.47. The number of nitrogens with one attached hydrogen (secondary N) is 2. The molecule has 1 heterocycles. The van der Waals surface area contributed by atoms with Crippen LogP contribution in [-0.4, -0.2) is 32.1 Å². The maximum absolute atomic E-state index is 12.8. The predicted molar refractivity (Wildman–Crippen MR) is 113 cm³/mol. The number of anilines is 2. The summed E-state index contributed by atoms with van der Waals surface area (Å²) in [5.41, 5.74) is 2.16. The van der Waals surface area contributed by atoms with Gasteiger partial charge in [0.15, 0.2) is 16.4 Å². The molecule has 2 amide bonds. The Morgan fingerprint density at radius 1 is 1.10 bits per heavy atom. The number of aryl methyl sites for hydroxylation is 1. The second-order valence-electron chi connectivity index (χ2n) is 7.68. The molecule has 1 saturated carbocycles. The minimum atomic E-state index is -3.38. The van der Waals surface area contributed by atoms with Gasteiger partial charge in [-0.3, -0.25) is 9.59 Å². The van der Waals surface area contributed by atoms with Gasteiger partial charge in [0.2, 0.25) is 5.91 Å². The highest BCUT2D eigenvalue weighted by molar-refractivity contribution is 7.92. The van der Waals surface area contributed by atoms with Crippen LogP contribution in [-0.2, 0) is 25.8 Å². The van der Waals surface area contributed by atoms with Crippen molar-refractivity contribution in [1.29, 1.82) is 0 Å². The molecule has 0 atom stereocenters. The third-order valence-electron chi connectivity index (χ3n) is 5.53. The molecule has 0 unspecified atom stereocenters. The molecule has 0 bridgehead atoms. The number of hydrogen-bond donors (Lipinski definition) is 2. The number of sulfone groups is 1. The molecular formula is C22H24N2O5S. The Bertz CT molecular complexity index is 1070. The van der Waals surface area contributed by atoms with E-state index in [0.29, 0.717) is 37.1 Å². The van der Waals surface area contributed by atoms with Gasteiger partial charge in [-0.15, -0.1) is 0 Å². The average Bonchev–Trinajstić information content (AvgIpc) is 3.28. The second-order valence-corrected chi connectivity index (χ2v) is 9.91. The van der Waals surface area contributed by atoms with Crippen LogP contribution in [0.4, 0.5) is 11.4 Å². The van der Waals surface area contributed by atoms with Crippen molar-refractivity contribution in [2.24, 2.45) is 0 Å². The van der Waals surface area contributed by atoms with Crippen molar-refractivity contribution < 1.29 is 22.7 Å². The van der Waals surface area contributed by atoms with E-state index in [9.17, 15) is 18.0 Å². The normalized spacial score (nSPS) is 16.6. The van der Waals surface area contributed by atoms with Crippen LogP contribution in [0.1, 0.15) is 37.7 Å². The molecule has 0 saturated heterocycles. The molecular weight excluding hydrogens is 404 g/mol. The van der Waals surface area contributed by atoms with E-state index in [0.717, 1.165) is 24.1 Å². The van der Waals surface area contributed by atoms with E-state index in [1.54, 1.807) is 30.3 Å². The zero-order chi connectivity index (χ0) is 21.1. The minimum absolute atomic E-state index is 0.00674. The summed E-state index contributed by atoms with van der Waals surface area (Å²) < 4.78 is 31.1. The summed E-state index contributed by atoms with van der Waals surface area (Å²) in [5.74, 6) is 0.154. The highest BCUT2D eigenvalue weighted by Gasteiger charge is 2.30. The van der Waals surface area contributed by atoms with Crippen LogP contribution in [0.2, 0.25) is 0 Å². The van der Waals surface area contributed by atoms with E-state index in [-0.39, 0.29) is 28.6 Å². The lowest BCUT2D eigenvalue weighted by molar-refractivity contribution is -0.118. The van der Waals surface area contributed by atoms with Gasteiger partial charge in [0.25, 0.3) is 5.91 Å². The standard InChI is InChI=1S/C22H24N2O5S/c25-21-11-8-15-12-17(9-10-20(15)24-21)29-14-22(26)23-16-4-3-7-19(13-16)30(27,28)18-5-1-2-6-18/h3-4,7,9-10,12-13,18H,1-2,5-6,8,11,14H2,(H,23,26)(H,24,25). The van der Waals surface area contributed by atoms with E-state index in [1.807, 2.05) is 6.07 Å². The van der Waals surface area contributed by atoms with Crippen LogP contribution in [0.5, 0.6) is 5.75 Å². The largest absolute Gasteiger partial charge is 0.484 e. The minimum Gasteiger partial charge on any atom is -0.484 e. The highest BCUT2D eigenvalue weighted by Crippen LogP contribution is 2.30.